The summed E-state index contributed by atoms with van der Waals surface area (Å²) in [6.45, 7) is 5.62. The number of carbonyl (C=O) groups is 1. The van der Waals surface area contributed by atoms with Crippen LogP contribution >= 0.6 is 11.8 Å². The van der Waals surface area contributed by atoms with Crippen molar-refractivity contribution in [2.45, 2.75) is 18.6 Å². The number of non-ortho nitro benzene ring substituents is 1. The summed E-state index contributed by atoms with van der Waals surface area (Å²) in [5.41, 5.74) is 1.81. The molecule has 1 saturated heterocycles. The molecule has 188 valence electrons. The van der Waals surface area contributed by atoms with E-state index in [4.69, 9.17) is 4.42 Å². The van der Waals surface area contributed by atoms with Crippen molar-refractivity contribution in [3.05, 3.63) is 81.4 Å². The fourth-order valence-electron chi connectivity index (χ4n) is 3.83. The summed E-state index contributed by atoms with van der Waals surface area (Å²) >= 11 is 0.707. The number of nitro groups is 1. The zero-order valence-electron chi connectivity index (χ0n) is 19.4. The van der Waals surface area contributed by atoms with Gasteiger partial charge in [0.25, 0.3) is 21.7 Å². The Hall–Kier alpha value is -3.61. The Balaban J connectivity index is 1.62. The number of nitrogens with zero attached hydrogens (tertiary/aromatic N) is 3. The van der Waals surface area contributed by atoms with Crippen molar-refractivity contribution in [1.82, 2.24) is 0 Å². The number of amides is 1. The van der Waals surface area contributed by atoms with E-state index in [2.05, 4.69) is 4.90 Å². The van der Waals surface area contributed by atoms with Crippen LogP contribution in [0.25, 0.3) is 17.4 Å². The highest BCUT2D eigenvalue weighted by molar-refractivity contribution is 8.15. The van der Waals surface area contributed by atoms with Crippen molar-refractivity contribution in [3.8, 4) is 11.3 Å². The lowest BCUT2D eigenvalue weighted by molar-refractivity contribution is -0.384. The van der Waals surface area contributed by atoms with Gasteiger partial charge in [-0.1, -0.05) is 11.8 Å². The van der Waals surface area contributed by atoms with E-state index in [1.54, 1.807) is 48.5 Å². The highest BCUT2D eigenvalue weighted by atomic mass is 32.3. The molecule has 0 aliphatic carbocycles. The van der Waals surface area contributed by atoms with Crippen LogP contribution < -0.4 is 9.80 Å². The SMILES string of the molecule is CCN(CC)c1ccc(N2C(=O)C(=Cc3ccc(-c4ccc([N+](=O)[O-])cc4)o3)SC2S(=O)(=O)O)cc1. The molecule has 36 heavy (non-hydrogen) atoms. The van der Waals surface area contributed by atoms with Crippen molar-refractivity contribution >= 4 is 50.9 Å². The summed E-state index contributed by atoms with van der Waals surface area (Å²) in [7, 11) is -4.61. The lowest BCUT2D eigenvalue weighted by Gasteiger charge is -2.24. The first-order valence-electron chi connectivity index (χ1n) is 11.0. The zero-order valence-corrected chi connectivity index (χ0v) is 21.0. The molecule has 1 aliphatic rings. The lowest BCUT2D eigenvalue weighted by Crippen LogP contribution is -2.37. The molecule has 0 radical (unpaired) electrons. The smallest absolute Gasteiger partial charge is 0.297 e. The number of hydrogen-bond donors (Lipinski definition) is 1. The Morgan fingerprint density at radius 3 is 2.28 bits per heavy atom. The Labute approximate surface area is 212 Å². The van der Waals surface area contributed by atoms with E-state index in [0.29, 0.717) is 28.8 Å². The van der Waals surface area contributed by atoms with Crippen LogP contribution in [0.1, 0.15) is 19.6 Å². The number of hydrogen-bond acceptors (Lipinski definition) is 8. The third kappa shape index (κ3) is 5.15. The minimum absolute atomic E-state index is 0.0536. The average Bonchev–Trinajstić information content (AvgIpc) is 3.45. The van der Waals surface area contributed by atoms with E-state index < -0.39 is 25.7 Å². The number of furan rings is 1. The van der Waals surface area contributed by atoms with Crippen molar-refractivity contribution in [2.75, 3.05) is 22.9 Å². The third-order valence-electron chi connectivity index (χ3n) is 5.64. The minimum atomic E-state index is -4.61. The van der Waals surface area contributed by atoms with Crippen LogP contribution in [-0.4, -0.2) is 41.6 Å². The Kier molecular flexibility index (Phi) is 7.20. The van der Waals surface area contributed by atoms with Gasteiger partial charge in [0.1, 0.15) is 11.5 Å². The first kappa shape index (κ1) is 25.5. The van der Waals surface area contributed by atoms with Crippen LogP contribution in [0.4, 0.5) is 17.1 Å². The lowest BCUT2D eigenvalue weighted by atomic mass is 10.1. The second kappa shape index (κ2) is 10.2. The van der Waals surface area contributed by atoms with Gasteiger partial charge in [-0.3, -0.25) is 24.4 Å². The van der Waals surface area contributed by atoms with Gasteiger partial charge in [0.2, 0.25) is 4.71 Å². The van der Waals surface area contributed by atoms with E-state index in [1.165, 1.54) is 18.2 Å². The summed E-state index contributed by atoms with van der Waals surface area (Å²) in [6, 6.07) is 15.9. The van der Waals surface area contributed by atoms with Gasteiger partial charge in [0.05, 0.1) is 9.83 Å². The monoisotopic (exact) mass is 529 g/mol. The molecule has 0 saturated carbocycles. The Morgan fingerprint density at radius 2 is 1.72 bits per heavy atom. The third-order valence-corrected chi connectivity index (χ3v) is 8.34. The van der Waals surface area contributed by atoms with E-state index in [9.17, 15) is 27.9 Å². The van der Waals surface area contributed by atoms with E-state index >= 15 is 0 Å². The number of benzene rings is 2. The van der Waals surface area contributed by atoms with E-state index in [1.807, 2.05) is 13.8 Å². The molecular weight excluding hydrogens is 506 g/mol. The second-order valence-corrected chi connectivity index (χ2v) is 10.7. The van der Waals surface area contributed by atoms with Crippen LogP contribution in [0.5, 0.6) is 0 Å². The zero-order chi connectivity index (χ0) is 26.0. The number of rotatable bonds is 8. The van der Waals surface area contributed by atoms with Crippen LogP contribution in [0.3, 0.4) is 0 Å². The fourth-order valence-corrected chi connectivity index (χ4v) is 6.03. The number of carbonyl (C=O) groups excluding carboxylic acids is 1. The first-order valence-corrected chi connectivity index (χ1v) is 13.4. The van der Waals surface area contributed by atoms with Gasteiger partial charge in [-0.05, 0) is 62.4 Å². The molecule has 1 amide bonds. The maximum atomic E-state index is 13.2. The fraction of sp³-hybridized carbons (Fsp3) is 0.208. The number of thioether (sulfide) groups is 1. The minimum Gasteiger partial charge on any atom is -0.457 e. The van der Waals surface area contributed by atoms with Crippen molar-refractivity contribution in [3.63, 3.8) is 0 Å². The number of anilines is 2. The van der Waals surface area contributed by atoms with Crippen molar-refractivity contribution in [1.29, 1.82) is 0 Å². The number of nitro benzene ring substituents is 1. The van der Waals surface area contributed by atoms with Crippen molar-refractivity contribution in [2.24, 2.45) is 0 Å². The normalized spacial score (nSPS) is 17.1. The second-order valence-electron chi connectivity index (χ2n) is 7.82. The molecule has 2 aromatic carbocycles. The Bertz CT molecular complexity index is 1410. The first-order chi connectivity index (χ1) is 17.1. The van der Waals surface area contributed by atoms with Crippen LogP contribution in [0, 0.1) is 10.1 Å². The molecular formula is C24H23N3O7S2. The molecule has 1 unspecified atom stereocenters. The Morgan fingerprint density at radius 1 is 1.08 bits per heavy atom. The molecule has 0 spiro atoms. The quantitative estimate of drug-likeness (QED) is 0.185. The molecule has 1 atom stereocenters. The van der Waals surface area contributed by atoms with Gasteiger partial charge in [0.15, 0.2) is 0 Å². The van der Waals surface area contributed by atoms with Gasteiger partial charge < -0.3 is 9.32 Å². The summed E-state index contributed by atoms with van der Waals surface area (Å²) < 4.78 is 38.3. The topological polar surface area (TPSA) is 134 Å². The largest absolute Gasteiger partial charge is 0.457 e. The maximum absolute atomic E-state index is 13.2. The highest BCUT2D eigenvalue weighted by Crippen LogP contribution is 2.42. The summed E-state index contributed by atoms with van der Waals surface area (Å²) in [4.78, 5) is 26.8. The molecule has 2 heterocycles. The highest BCUT2D eigenvalue weighted by Gasteiger charge is 2.44. The molecule has 1 aromatic heterocycles. The molecule has 10 nitrogen and oxygen atoms in total. The molecule has 0 bridgehead atoms. The van der Waals surface area contributed by atoms with Gasteiger partial charge in [0, 0.05) is 48.2 Å². The summed E-state index contributed by atoms with van der Waals surface area (Å²) in [6.07, 6.45) is 1.41. The van der Waals surface area contributed by atoms with Crippen LogP contribution in [-0.2, 0) is 14.9 Å². The standard InChI is InChI=1S/C24H23N3O7S2/c1-3-25(4-2)17-9-11-18(12-10-17)26-23(28)22(35-24(26)36(31,32)33)15-20-13-14-21(34-20)16-5-7-19(8-6-16)27(29)30/h5-15,24H,3-4H2,1-2H3,(H,31,32,33). The van der Waals surface area contributed by atoms with Crippen LogP contribution in [0.2, 0.25) is 0 Å². The van der Waals surface area contributed by atoms with E-state index in [0.717, 1.165) is 23.7 Å². The van der Waals surface area contributed by atoms with Gasteiger partial charge >= 0.3 is 0 Å². The maximum Gasteiger partial charge on any atom is 0.297 e. The molecule has 1 fully saturated rings. The molecule has 12 heteroatoms. The van der Waals surface area contributed by atoms with Crippen molar-refractivity contribution < 1.29 is 27.1 Å². The van der Waals surface area contributed by atoms with Gasteiger partial charge in [-0.25, -0.2) is 0 Å². The predicted octanol–water partition coefficient (Wildman–Crippen LogP) is 4.99. The molecule has 3 aromatic rings. The van der Waals surface area contributed by atoms with Gasteiger partial charge in [-0.15, -0.1) is 0 Å². The molecule has 1 aliphatic heterocycles. The predicted molar refractivity (Wildman–Crippen MR) is 139 cm³/mol. The van der Waals surface area contributed by atoms with E-state index in [-0.39, 0.29) is 16.4 Å². The molecule has 4 rings (SSSR count). The van der Waals surface area contributed by atoms with Crippen LogP contribution in [0.15, 0.2) is 70.0 Å². The average molecular weight is 530 g/mol. The summed E-state index contributed by atoms with van der Waals surface area (Å²) in [5, 5.41) is 10.9. The summed E-state index contributed by atoms with van der Waals surface area (Å²) in [5.74, 6) is 0.112. The van der Waals surface area contributed by atoms with Gasteiger partial charge in [-0.2, -0.15) is 8.42 Å². The molecule has 1 N–H and O–H groups in total.